The molecule has 3 rings (SSSR count). The van der Waals surface area contributed by atoms with Gasteiger partial charge in [0.25, 0.3) is 0 Å². The molecular weight excluding hydrogens is 226 g/mol. The van der Waals surface area contributed by atoms with Crippen molar-refractivity contribution in [1.82, 2.24) is 14.5 Å². The molecule has 0 aliphatic rings. The fourth-order valence-electron chi connectivity index (χ4n) is 2.33. The van der Waals surface area contributed by atoms with Crippen LogP contribution < -0.4 is 0 Å². The van der Waals surface area contributed by atoms with E-state index in [9.17, 15) is 0 Å². The minimum Gasteiger partial charge on any atom is -0.395 e. The first-order chi connectivity index (χ1) is 8.88. The molecule has 0 amide bonds. The van der Waals surface area contributed by atoms with Gasteiger partial charge in [-0.1, -0.05) is 18.2 Å². The minimum absolute atomic E-state index is 0.152. The molecule has 0 spiro atoms. The number of fused-ring (bicyclic) bond motifs is 1. The van der Waals surface area contributed by atoms with Gasteiger partial charge in [0, 0.05) is 42.5 Å². The summed E-state index contributed by atoms with van der Waals surface area (Å²) in [5, 5.41) is 10.3. The van der Waals surface area contributed by atoms with Crippen molar-refractivity contribution in [3.8, 4) is 0 Å². The van der Waals surface area contributed by atoms with E-state index in [0.29, 0.717) is 6.54 Å². The summed E-state index contributed by atoms with van der Waals surface area (Å²) in [5.41, 5.74) is 2.39. The third-order valence-electron chi connectivity index (χ3n) is 3.12. The number of aliphatic hydroxyl groups is 1. The van der Waals surface area contributed by atoms with Crippen molar-refractivity contribution in [2.45, 2.75) is 13.0 Å². The standard InChI is InChI=1S/C14H15N3O/c18-8-7-17-10-11(9-14-15-5-6-16-14)12-3-1-2-4-13(12)17/h1-6,10,18H,7-9H2,(H,15,16). The Morgan fingerprint density at radius 3 is 2.94 bits per heavy atom. The Kier molecular flexibility index (Phi) is 2.86. The number of para-hydroxylation sites is 1. The summed E-state index contributed by atoms with van der Waals surface area (Å²) < 4.78 is 2.09. The first-order valence-corrected chi connectivity index (χ1v) is 6.04. The molecule has 2 aromatic heterocycles. The van der Waals surface area contributed by atoms with Crippen molar-refractivity contribution in [3.05, 3.63) is 54.2 Å². The molecule has 0 saturated heterocycles. The summed E-state index contributed by atoms with van der Waals surface area (Å²) in [4.78, 5) is 7.38. The highest BCUT2D eigenvalue weighted by molar-refractivity contribution is 5.84. The number of hydrogen-bond acceptors (Lipinski definition) is 2. The lowest BCUT2D eigenvalue weighted by atomic mass is 10.1. The van der Waals surface area contributed by atoms with E-state index in [4.69, 9.17) is 5.11 Å². The summed E-state index contributed by atoms with van der Waals surface area (Å²) in [5.74, 6) is 0.960. The molecule has 2 heterocycles. The van der Waals surface area contributed by atoms with E-state index in [1.807, 2.05) is 18.3 Å². The van der Waals surface area contributed by atoms with Gasteiger partial charge in [0.2, 0.25) is 0 Å². The van der Waals surface area contributed by atoms with Crippen molar-refractivity contribution >= 4 is 10.9 Å². The van der Waals surface area contributed by atoms with Crippen LogP contribution in [0.1, 0.15) is 11.4 Å². The number of nitrogens with one attached hydrogen (secondary N) is 1. The number of aromatic amines is 1. The molecule has 0 bridgehead atoms. The smallest absolute Gasteiger partial charge is 0.110 e. The molecule has 0 fully saturated rings. The molecule has 1 aromatic carbocycles. The van der Waals surface area contributed by atoms with Crippen LogP contribution in [0.4, 0.5) is 0 Å². The predicted octanol–water partition coefficient (Wildman–Crippen LogP) is 1.95. The van der Waals surface area contributed by atoms with Crippen LogP contribution in [-0.4, -0.2) is 26.2 Å². The van der Waals surface area contributed by atoms with Crippen LogP contribution >= 0.6 is 0 Å². The van der Waals surface area contributed by atoms with Crippen LogP contribution in [0.25, 0.3) is 10.9 Å². The van der Waals surface area contributed by atoms with Gasteiger partial charge in [0.1, 0.15) is 5.82 Å². The van der Waals surface area contributed by atoms with Crippen LogP contribution in [0.3, 0.4) is 0 Å². The first kappa shape index (κ1) is 11.0. The summed E-state index contributed by atoms with van der Waals surface area (Å²) in [7, 11) is 0. The number of H-pyrrole nitrogens is 1. The molecular formula is C14H15N3O. The molecule has 0 aliphatic heterocycles. The lowest BCUT2D eigenvalue weighted by molar-refractivity contribution is 0.278. The molecule has 0 aliphatic carbocycles. The maximum absolute atomic E-state index is 9.11. The van der Waals surface area contributed by atoms with E-state index < -0.39 is 0 Å². The molecule has 4 heteroatoms. The Hall–Kier alpha value is -2.07. The van der Waals surface area contributed by atoms with Gasteiger partial charge in [-0.3, -0.25) is 0 Å². The van der Waals surface area contributed by atoms with Crippen molar-refractivity contribution in [2.75, 3.05) is 6.61 Å². The van der Waals surface area contributed by atoms with Gasteiger partial charge < -0.3 is 14.7 Å². The Morgan fingerprint density at radius 2 is 2.17 bits per heavy atom. The highest BCUT2D eigenvalue weighted by Gasteiger charge is 2.09. The zero-order chi connectivity index (χ0) is 12.4. The fraction of sp³-hybridized carbons (Fsp3) is 0.214. The Bertz CT molecular complexity index is 640. The number of aromatic nitrogens is 3. The Morgan fingerprint density at radius 1 is 1.28 bits per heavy atom. The van der Waals surface area contributed by atoms with Gasteiger partial charge in [-0.15, -0.1) is 0 Å². The highest BCUT2D eigenvalue weighted by Crippen LogP contribution is 2.22. The maximum Gasteiger partial charge on any atom is 0.110 e. The number of rotatable bonds is 4. The van der Waals surface area contributed by atoms with Gasteiger partial charge in [0.15, 0.2) is 0 Å². The van der Waals surface area contributed by atoms with Crippen LogP contribution in [0.15, 0.2) is 42.9 Å². The van der Waals surface area contributed by atoms with E-state index >= 15 is 0 Å². The van der Waals surface area contributed by atoms with Gasteiger partial charge in [-0.25, -0.2) is 4.98 Å². The molecule has 0 atom stereocenters. The lowest BCUT2D eigenvalue weighted by Gasteiger charge is -2.00. The molecule has 0 unspecified atom stereocenters. The summed E-state index contributed by atoms with van der Waals surface area (Å²) in [6, 6.07) is 8.25. The SMILES string of the molecule is OCCn1cc(Cc2ncc[nH]2)c2ccccc21. The number of aliphatic hydroxyl groups excluding tert-OH is 1. The number of imidazole rings is 1. The second-order valence-electron chi connectivity index (χ2n) is 4.30. The molecule has 2 N–H and O–H groups in total. The van der Waals surface area contributed by atoms with Crippen LogP contribution in [0.5, 0.6) is 0 Å². The first-order valence-electron chi connectivity index (χ1n) is 6.04. The van der Waals surface area contributed by atoms with E-state index in [0.717, 1.165) is 17.8 Å². The molecule has 0 radical (unpaired) electrons. The Labute approximate surface area is 105 Å². The molecule has 18 heavy (non-hydrogen) atoms. The van der Waals surface area contributed by atoms with E-state index in [-0.39, 0.29) is 6.61 Å². The molecule has 0 saturated carbocycles. The van der Waals surface area contributed by atoms with Crippen LogP contribution in [-0.2, 0) is 13.0 Å². The fourth-order valence-corrected chi connectivity index (χ4v) is 2.33. The normalized spacial score (nSPS) is 11.2. The third-order valence-corrected chi connectivity index (χ3v) is 3.12. The van der Waals surface area contributed by atoms with Gasteiger partial charge >= 0.3 is 0 Å². The summed E-state index contributed by atoms with van der Waals surface area (Å²) in [6.07, 6.45) is 6.49. The largest absolute Gasteiger partial charge is 0.395 e. The van der Waals surface area contributed by atoms with Gasteiger partial charge in [-0.05, 0) is 11.6 Å². The van der Waals surface area contributed by atoms with E-state index in [1.54, 1.807) is 6.20 Å². The quantitative estimate of drug-likeness (QED) is 0.733. The second-order valence-corrected chi connectivity index (χ2v) is 4.30. The topological polar surface area (TPSA) is 53.8 Å². The van der Waals surface area contributed by atoms with Crippen LogP contribution in [0.2, 0.25) is 0 Å². The summed E-state index contributed by atoms with van der Waals surface area (Å²) >= 11 is 0. The Balaban J connectivity index is 2.05. The van der Waals surface area contributed by atoms with Crippen molar-refractivity contribution in [1.29, 1.82) is 0 Å². The zero-order valence-electron chi connectivity index (χ0n) is 10.0. The number of hydrogen-bond donors (Lipinski definition) is 2. The monoisotopic (exact) mass is 241 g/mol. The van der Waals surface area contributed by atoms with Gasteiger partial charge in [0.05, 0.1) is 6.61 Å². The van der Waals surface area contributed by atoms with E-state index in [1.165, 1.54) is 10.9 Å². The third kappa shape index (κ3) is 1.91. The van der Waals surface area contributed by atoms with Crippen molar-refractivity contribution in [3.63, 3.8) is 0 Å². The number of nitrogens with zero attached hydrogens (tertiary/aromatic N) is 2. The average molecular weight is 241 g/mol. The number of benzene rings is 1. The minimum atomic E-state index is 0.152. The maximum atomic E-state index is 9.11. The van der Waals surface area contributed by atoms with Crippen molar-refractivity contribution in [2.24, 2.45) is 0 Å². The van der Waals surface area contributed by atoms with Crippen LogP contribution in [0, 0.1) is 0 Å². The highest BCUT2D eigenvalue weighted by atomic mass is 16.3. The zero-order valence-corrected chi connectivity index (χ0v) is 10.0. The molecule has 4 nitrogen and oxygen atoms in total. The average Bonchev–Trinajstić information content (AvgIpc) is 3.00. The molecule has 3 aromatic rings. The van der Waals surface area contributed by atoms with Crippen molar-refractivity contribution < 1.29 is 5.11 Å². The summed E-state index contributed by atoms with van der Waals surface area (Å²) in [6.45, 7) is 0.775. The van der Waals surface area contributed by atoms with E-state index in [2.05, 4.69) is 32.9 Å². The van der Waals surface area contributed by atoms with Gasteiger partial charge in [-0.2, -0.15) is 0 Å². The predicted molar refractivity (Wildman–Crippen MR) is 70.4 cm³/mol. The lowest BCUT2D eigenvalue weighted by Crippen LogP contribution is -1.99. The second kappa shape index (κ2) is 4.66. The molecule has 92 valence electrons.